The molecule has 3 atom stereocenters. The fourth-order valence-electron chi connectivity index (χ4n) is 6.88. The standard InChI is InChI=1S/C48H91O11P/c1-4-7-10-13-16-19-21-22-24-27-30-33-36-39-48(52)59-45(41-55-46(50)37-34-31-28-26-23-20-17-14-11-8-5-2)43-57-60(53,54)56-42-44(40-49)58-47(51)38-35-32-29-25-18-15-12-9-6-3/h19,21,44-45,49H,4-18,20,22-43H2,1-3H3,(H,53,54)/b21-19-. The zero-order chi connectivity index (χ0) is 44.2. The van der Waals surface area contributed by atoms with Gasteiger partial charge in [0.15, 0.2) is 6.10 Å². The number of hydrogen-bond acceptors (Lipinski definition) is 10. The van der Waals surface area contributed by atoms with E-state index in [4.69, 9.17) is 23.3 Å². The van der Waals surface area contributed by atoms with Crippen LogP contribution in [0.4, 0.5) is 0 Å². The van der Waals surface area contributed by atoms with Crippen LogP contribution in [0.5, 0.6) is 0 Å². The Kier molecular flexibility index (Phi) is 42.6. The smallest absolute Gasteiger partial charge is 0.462 e. The summed E-state index contributed by atoms with van der Waals surface area (Å²) in [5.41, 5.74) is 0. The SMILES string of the molecule is CCCCCC/C=C\CCCCCCCC(=O)OC(COC(=O)CCCCCCCCCCCCC)COP(=O)(O)OCC(CO)OC(=O)CCCCCCCCCCC. The van der Waals surface area contributed by atoms with E-state index in [0.717, 1.165) is 77.0 Å². The minimum absolute atomic E-state index is 0.163. The summed E-state index contributed by atoms with van der Waals surface area (Å²) in [5, 5.41) is 9.71. The van der Waals surface area contributed by atoms with Crippen LogP contribution < -0.4 is 0 Å². The molecule has 0 fully saturated rings. The van der Waals surface area contributed by atoms with Crippen LogP contribution in [-0.4, -0.2) is 66.5 Å². The number of rotatable bonds is 46. The minimum atomic E-state index is -4.72. The number of carbonyl (C=O) groups is 3. The van der Waals surface area contributed by atoms with E-state index in [1.165, 1.54) is 103 Å². The highest BCUT2D eigenvalue weighted by atomic mass is 31.2. The Bertz CT molecular complexity index is 1070. The molecule has 12 heteroatoms. The number of ether oxygens (including phenoxy) is 3. The lowest BCUT2D eigenvalue weighted by molar-refractivity contribution is -0.161. The summed E-state index contributed by atoms with van der Waals surface area (Å²) in [4.78, 5) is 48.0. The van der Waals surface area contributed by atoms with Crippen LogP contribution in [0.3, 0.4) is 0 Å². The first-order valence-corrected chi connectivity index (χ1v) is 26.1. The number of unbranched alkanes of at least 4 members (excludes halogenated alkanes) is 27. The first-order chi connectivity index (χ1) is 29.2. The number of aliphatic hydroxyl groups excluding tert-OH is 1. The van der Waals surface area contributed by atoms with Crippen molar-refractivity contribution >= 4 is 25.7 Å². The fraction of sp³-hybridized carbons (Fsp3) is 0.896. The fourth-order valence-corrected chi connectivity index (χ4v) is 7.66. The van der Waals surface area contributed by atoms with E-state index in [2.05, 4.69) is 32.9 Å². The lowest BCUT2D eigenvalue weighted by Crippen LogP contribution is -2.30. The van der Waals surface area contributed by atoms with Crippen molar-refractivity contribution in [2.24, 2.45) is 0 Å². The normalized spacial score (nSPS) is 13.6. The number of esters is 3. The first kappa shape index (κ1) is 58.2. The zero-order valence-corrected chi connectivity index (χ0v) is 39.6. The van der Waals surface area contributed by atoms with Gasteiger partial charge in [-0.3, -0.25) is 23.4 Å². The maximum absolute atomic E-state index is 12.8. The Labute approximate surface area is 366 Å². The monoisotopic (exact) mass is 875 g/mol. The summed E-state index contributed by atoms with van der Waals surface area (Å²) in [7, 11) is -4.72. The second-order valence-electron chi connectivity index (χ2n) is 16.6. The largest absolute Gasteiger partial charge is 0.472 e. The molecular weight excluding hydrogens is 783 g/mol. The van der Waals surface area contributed by atoms with Gasteiger partial charge in [-0.05, 0) is 44.9 Å². The van der Waals surface area contributed by atoms with Crippen LogP contribution in [0.1, 0.15) is 239 Å². The molecule has 0 bridgehead atoms. The second kappa shape index (κ2) is 43.9. The lowest BCUT2D eigenvalue weighted by atomic mass is 10.1. The van der Waals surface area contributed by atoms with E-state index in [1.807, 2.05) is 0 Å². The van der Waals surface area contributed by atoms with Crippen molar-refractivity contribution in [3.63, 3.8) is 0 Å². The number of carbonyl (C=O) groups excluding carboxylic acids is 3. The van der Waals surface area contributed by atoms with Gasteiger partial charge >= 0.3 is 25.7 Å². The van der Waals surface area contributed by atoms with Crippen molar-refractivity contribution in [1.29, 1.82) is 0 Å². The molecule has 0 aliphatic heterocycles. The predicted octanol–water partition coefficient (Wildman–Crippen LogP) is 13.4. The van der Waals surface area contributed by atoms with Crippen molar-refractivity contribution in [2.75, 3.05) is 26.4 Å². The quantitative estimate of drug-likeness (QED) is 0.0197. The van der Waals surface area contributed by atoms with Gasteiger partial charge in [-0.1, -0.05) is 187 Å². The van der Waals surface area contributed by atoms with Crippen molar-refractivity contribution in [2.45, 2.75) is 251 Å². The summed E-state index contributed by atoms with van der Waals surface area (Å²) < 4.78 is 39.2. The number of allylic oxidation sites excluding steroid dienone is 2. The lowest BCUT2D eigenvalue weighted by Gasteiger charge is -2.21. The highest BCUT2D eigenvalue weighted by Gasteiger charge is 2.28. The molecular formula is C48H91O11P. The molecule has 0 amide bonds. The molecule has 0 rings (SSSR count). The molecule has 0 aliphatic rings. The van der Waals surface area contributed by atoms with Crippen LogP contribution in [0.25, 0.3) is 0 Å². The van der Waals surface area contributed by atoms with Crippen molar-refractivity contribution < 1.29 is 52.2 Å². The minimum Gasteiger partial charge on any atom is -0.462 e. The summed E-state index contributed by atoms with van der Waals surface area (Å²) in [6.07, 6.45) is 37.6. The molecule has 0 aromatic rings. The van der Waals surface area contributed by atoms with Crippen molar-refractivity contribution in [3.05, 3.63) is 12.2 Å². The van der Waals surface area contributed by atoms with E-state index in [-0.39, 0.29) is 25.9 Å². The predicted molar refractivity (Wildman–Crippen MR) is 243 cm³/mol. The third kappa shape index (κ3) is 41.6. The number of phosphoric acid groups is 1. The highest BCUT2D eigenvalue weighted by molar-refractivity contribution is 7.47. The zero-order valence-electron chi connectivity index (χ0n) is 38.7. The van der Waals surface area contributed by atoms with E-state index < -0.39 is 57.8 Å². The van der Waals surface area contributed by atoms with Gasteiger partial charge < -0.3 is 24.2 Å². The Morgan fingerprint density at radius 2 is 0.767 bits per heavy atom. The molecule has 0 aliphatic carbocycles. The molecule has 0 spiro atoms. The van der Waals surface area contributed by atoms with E-state index in [9.17, 15) is 28.9 Å². The Hall–Kier alpha value is -1.78. The summed E-state index contributed by atoms with van der Waals surface area (Å²) in [6.45, 7) is 4.59. The summed E-state index contributed by atoms with van der Waals surface area (Å²) in [6, 6.07) is 0. The molecule has 60 heavy (non-hydrogen) atoms. The van der Waals surface area contributed by atoms with E-state index >= 15 is 0 Å². The molecule has 0 heterocycles. The van der Waals surface area contributed by atoms with E-state index in [0.29, 0.717) is 19.3 Å². The Morgan fingerprint density at radius 1 is 0.450 bits per heavy atom. The number of phosphoric ester groups is 1. The van der Waals surface area contributed by atoms with Gasteiger partial charge in [-0.2, -0.15) is 0 Å². The number of aliphatic hydroxyl groups is 1. The Balaban J connectivity index is 4.74. The van der Waals surface area contributed by atoms with Gasteiger partial charge in [0.25, 0.3) is 0 Å². The molecule has 11 nitrogen and oxygen atoms in total. The van der Waals surface area contributed by atoms with Crippen LogP contribution in [0.2, 0.25) is 0 Å². The van der Waals surface area contributed by atoms with Crippen LogP contribution >= 0.6 is 7.82 Å². The van der Waals surface area contributed by atoms with Crippen molar-refractivity contribution in [3.8, 4) is 0 Å². The van der Waals surface area contributed by atoms with Gasteiger partial charge in [0.2, 0.25) is 0 Å². The molecule has 0 aromatic heterocycles. The summed E-state index contributed by atoms with van der Waals surface area (Å²) >= 11 is 0. The van der Waals surface area contributed by atoms with Gasteiger partial charge in [0.05, 0.1) is 19.8 Å². The molecule has 0 saturated carbocycles. The third-order valence-corrected chi connectivity index (χ3v) is 11.6. The highest BCUT2D eigenvalue weighted by Crippen LogP contribution is 2.43. The third-order valence-electron chi connectivity index (χ3n) is 10.7. The van der Waals surface area contributed by atoms with Gasteiger partial charge in [-0.15, -0.1) is 0 Å². The molecule has 0 radical (unpaired) electrons. The van der Waals surface area contributed by atoms with Crippen molar-refractivity contribution in [1.82, 2.24) is 0 Å². The average molecular weight is 875 g/mol. The van der Waals surface area contributed by atoms with Gasteiger partial charge in [-0.25, -0.2) is 4.57 Å². The van der Waals surface area contributed by atoms with Crippen LogP contribution in [0.15, 0.2) is 12.2 Å². The molecule has 0 saturated heterocycles. The molecule has 3 unspecified atom stereocenters. The topological polar surface area (TPSA) is 155 Å². The van der Waals surface area contributed by atoms with Gasteiger partial charge in [0, 0.05) is 19.3 Å². The average Bonchev–Trinajstić information content (AvgIpc) is 3.23. The molecule has 2 N–H and O–H groups in total. The second-order valence-corrected chi connectivity index (χ2v) is 18.1. The summed E-state index contributed by atoms with van der Waals surface area (Å²) in [5.74, 6) is -1.46. The Morgan fingerprint density at radius 3 is 1.17 bits per heavy atom. The molecule has 0 aromatic carbocycles. The maximum atomic E-state index is 12.8. The maximum Gasteiger partial charge on any atom is 0.472 e. The first-order valence-electron chi connectivity index (χ1n) is 24.6. The van der Waals surface area contributed by atoms with Crippen LogP contribution in [0, 0.1) is 0 Å². The van der Waals surface area contributed by atoms with Gasteiger partial charge in [0.1, 0.15) is 12.7 Å². The van der Waals surface area contributed by atoms with E-state index in [1.54, 1.807) is 0 Å². The number of hydrogen-bond donors (Lipinski definition) is 2. The molecule has 354 valence electrons. The van der Waals surface area contributed by atoms with Crippen LogP contribution in [-0.2, 0) is 42.2 Å².